The zero-order chi connectivity index (χ0) is 10.7. The number of hydrogen-bond acceptors (Lipinski definition) is 4. The molecule has 4 heteroatoms. The van der Waals surface area contributed by atoms with Crippen LogP contribution in [0.3, 0.4) is 0 Å². The van der Waals surface area contributed by atoms with E-state index < -0.39 is 0 Å². The molecular weight excluding hydrogens is 208 g/mol. The average Bonchev–Trinajstić information content (AvgIpc) is 2.64. The maximum atomic E-state index is 5.57. The molecule has 3 nitrogen and oxygen atoms in total. The number of nitrogens with zero attached hydrogens (tertiary/aromatic N) is 1. The van der Waals surface area contributed by atoms with Gasteiger partial charge in [0, 0.05) is 16.8 Å². The van der Waals surface area contributed by atoms with Gasteiger partial charge in [-0.15, -0.1) is 11.3 Å². The van der Waals surface area contributed by atoms with E-state index in [9.17, 15) is 0 Å². The molecular formula is C11H12N2OS. The normalized spacial score (nSPS) is 10.2. The smallest absolute Gasteiger partial charge is 0.140 e. The number of nitrogens with two attached hydrogens (primary N) is 1. The van der Waals surface area contributed by atoms with Gasteiger partial charge in [0.2, 0.25) is 0 Å². The molecule has 0 unspecified atom stereocenters. The summed E-state index contributed by atoms with van der Waals surface area (Å²) in [5, 5.41) is 0.990. The second-order valence-corrected chi connectivity index (χ2v) is 4.54. The van der Waals surface area contributed by atoms with Gasteiger partial charge in [-0.05, 0) is 31.2 Å². The third-order valence-electron chi connectivity index (χ3n) is 1.91. The van der Waals surface area contributed by atoms with Gasteiger partial charge in [-0.1, -0.05) is 0 Å². The molecule has 1 heterocycles. The first-order chi connectivity index (χ1) is 7.24. The number of aryl methyl sites for hydroxylation is 1. The van der Waals surface area contributed by atoms with Gasteiger partial charge in [-0.3, -0.25) is 0 Å². The molecule has 78 valence electrons. The first-order valence-electron chi connectivity index (χ1n) is 4.64. The maximum absolute atomic E-state index is 5.57. The number of hydrogen-bond donors (Lipinski definition) is 1. The summed E-state index contributed by atoms with van der Waals surface area (Å²) in [6.07, 6.45) is 1.85. The van der Waals surface area contributed by atoms with E-state index >= 15 is 0 Å². The van der Waals surface area contributed by atoms with Gasteiger partial charge in [0.1, 0.15) is 17.4 Å². The van der Waals surface area contributed by atoms with Crippen LogP contribution in [0.2, 0.25) is 0 Å². The summed E-state index contributed by atoms with van der Waals surface area (Å²) in [5.41, 5.74) is 6.31. The van der Waals surface area contributed by atoms with Crippen LogP contribution in [0.4, 0.5) is 5.69 Å². The molecule has 0 saturated carbocycles. The first kappa shape index (κ1) is 9.98. The highest BCUT2D eigenvalue weighted by atomic mass is 32.1. The van der Waals surface area contributed by atoms with Crippen molar-refractivity contribution in [2.45, 2.75) is 13.5 Å². The summed E-state index contributed by atoms with van der Waals surface area (Å²) in [7, 11) is 0. The number of nitrogen functional groups attached to an aromatic ring is 1. The monoisotopic (exact) mass is 220 g/mol. The highest BCUT2D eigenvalue weighted by molar-refractivity contribution is 7.11. The van der Waals surface area contributed by atoms with Crippen LogP contribution in [-0.2, 0) is 6.61 Å². The Hall–Kier alpha value is -1.55. The number of anilines is 1. The second kappa shape index (κ2) is 4.31. The Bertz CT molecular complexity index is 436. The Kier molecular flexibility index (Phi) is 2.87. The Morgan fingerprint density at radius 3 is 2.67 bits per heavy atom. The molecule has 0 radical (unpaired) electrons. The molecule has 0 aliphatic rings. The fraction of sp³-hybridized carbons (Fsp3) is 0.182. The van der Waals surface area contributed by atoms with Crippen LogP contribution < -0.4 is 10.5 Å². The topological polar surface area (TPSA) is 48.1 Å². The van der Waals surface area contributed by atoms with Gasteiger partial charge in [0.05, 0.1) is 0 Å². The largest absolute Gasteiger partial charge is 0.486 e. The van der Waals surface area contributed by atoms with Crippen molar-refractivity contribution in [2.24, 2.45) is 0 Å². The molecule has 0 amide bonds. The Morgan fingerprint density at radius 1 is 1.33 bits per heavy atom. The van der Waals surface area contributed by atoms with E-state index in [1.807, 2.05) is 37.4 Å². The molecule has 0 atom stereocenters. The van der Waals surface area contributed by atoms with Gasteiger partial charge in [-0.2, -0.15) is 0 Å². The van der Waals surface area contributed by atoms with Crippen molar-refractivity contribution in [1.82, 2.24) is 4.98 Å². The van der Waals surface area contributed by atoms with Crippen molar-refractivity contribution >= 4 is 17.0 Å². The lowest BCUT2D eigenvalue weighted by molar-refractivity contribution is 0.305. The standard InChI is InChI=1S/C11H12N2OS/c1-8-6-13-11(15-8)7-14-10-4-2-9(12)3-5-10/h2-6H,7,12H2,1H3. The van der Waals surface area contributed by atoms with E-state index in [4.69, 9.17) is 10.5 Å². The minimum Gasteiger partial charge on any atom is -0.486 e. The quantitative estimate of drug-likeness (QED) is 0.809. The zero-order valence-corrected chi connectivity index (χ0v) is 9.25. The van der Waals surface area contributed by atoms with Crippen LogP contribution in [-0.4, -0.2) is 4.98 Å². The van der Waals surface area contributed by atoms with Gasteiger partial charge < -0.3 is 10.5 Å². The summed E-state index contributed by atoms with van der Waals surface area (Å²) in [6, 6.07) is 7.36. The molecule has 0 saturated heterocycles. The molecule has 0 aliphatic carbocycles. The van der Waals surface area contributed by atoms with Gasteiger partial charge >= 0.3 is 0 Å². The molecule has 2 rings (SSSR count). The number of benzene rings is 1. The maximum Gasteiger partial charge on any atom is 0.140 e. The molecule has 0 aliphatic heterocycles. The van der Waals surface area contributed by atoms with Crippen LogP contribution in [0.15, 0.2) is 30.5 Å². The second-order valence-electron chi connectivity index (χ2n) is 3.22. The average molecular weight is 220 g/mol. The van der Waals surface area contributed by atoms with Gasteiger partial charge in [-0.25, -0.2) is 4.98 Å². The lowest BCUT2D eigenvalue weighted by atomic mass is 10.3. The number of aromatic nitrogens is 1. The van der Waals surface area contributed by atoms with Crippen LogP contribution >= 0.6 is 11.3 Å². The minimum atomic E-state index is 0.516. The van der Waals surface area contributed by atoms with E-state index in [2.05, 4.69) is 4.98 Å². The summed E-state index contributed by atoms with van der Waals surface area (Å²) in [5.74, 6) is 0.817. The predicted octanol–water partition coefficient (Wildman–Crippen LogP) is 2.61. The Morgan fingerprint density at radius 2 is 2.07 bits per heavy atom. The Labute approximate surface area is 92.5 Å². The van der Waals surface area contributed by atoms with E-state index in [-0.39, 0.29) is 0 Å². The van der Waals surface area contributed by atoms with Crippen molar-refractivity contribution in [1.29, 1.82) is 0 Å². The number of rotatable bonds is 3. The minimum absolute atomic E-state index is 0.516. The van der Waals surface area contributed by atoms with Crippen molar-refractivity contribution in [3.05, 3.63) is 40.3 Å². The molecule has 0 spiro atoms. The van der Waals surface area contributed by atoms with Crippen molar-refractivity contribution in [2.75, 3.05) is 5.73 Å². The highest BCUT2D eigenvalue weighted by Crippen LogP contribution is 2.17. The van der Waals surface area contributed by atoms with Crippen LogP contribution in [0.1, 0.15) is 9.88 Å². The molecule has 0 fully saturated rings. The van der Waals surface area contributed by atoms with Crippen LogP contribution in [0.5, 0.6) is 5.75 Å². The lowest BCUT2D eigenvalue weighted by Gasteiger charge is -2.03. The fourth-order valence-electron chi connectivity index (χ4n) is 1.18. The van der Waals surface area contributed by atoms with Gasteiger partial charge in [0.25, 0.3) is 0 Å². The van der Waals surface area contributed by atoms with E-state index in [0.717, 1.165) is 16.4 Å². The summed E-state index contributed by atoms with van der Waals surface area (Å²) >= 11 is 1.65. The SMILES string of the molecule is Cc1cnc(COc2ccc(N)cc2)s1. The zero-order valence-electron chi connectivity index (χ0n) is 8.43. The number of ether oxygens (including phenoxy) is 1. The van der Waals surface area contributed by atoms with Gasteiger partial charge in [0.15, 0.2) is 0 Å². The van der Waals surface area contributed by atoms with E-state index in [1.165, 1.54) is 4.88 Å². The van der Waals surface area contributed by atoms with Crippen molar-refractivity contribution in [3.63, 3.8) is 0 Å². The molecule has 1 aromatic carbocycles. The third kappa shape index (κ3) is 2.70. The third-order valence-corrected chi connectivity index (χ3v) is 2.80. The summed E-state index contributed by atoms with van der Waals surface area (Å²) < 4.78 is 5.55. The Balaban J connectivity index is 1.96. The molecule has 15 heavy (non-hydrogen) atoms. The van der Waals surface area contributed by atoms with Crippen LogP contribution in [0, 0.1) is 6.92 Å². The van der Waals surface area contributed by atoms with Crippen molar-refractivity contribution in [3.8, 4) is 5.75 Å². The molecule has 1 aromatic heterocycles. The summed E-state index contributed by atoms with van der Waals surface area (Å²) in [4.78, 5) is 5.42. The van der Waals surface area contributed by atoms with E-state index in [0.29, 0.717) is 6.61 Å². The molecule has 2 N–H and O–H groups in total. The lowest BCUT2D eigenvalue weighted by Crippen LogP contribution is -1.94. The summed E-state index contributed by atoms with van der Waals surface area (Å²) in [6.45, 7) is 2.55. The predicted molar refractivity (Wildman–Crippen MR) is 62.0 cm³/mol. The molecule has 2 aromatic rings. The van der Waals surface area contributed by atoms with E-state index in [1.54, 1.807) is 11.3 Å². The fourth-order valence-corrected chi connectivity index (χ4v) is 1.88. The first-order valence-corrected chi connectivity index (χ1v) is 5.45. The highest BCUT2D eigenvalue weighted by Gasteiger charge is 1.99. The molecule has 0 bridgehead atoms. The van der Waals surface area contributed by atoms with Crippen LogP contribution in [0.25, 0.3) is 0 Å². The number of thiazole rings is 1. The van der Waals surface area contributed by atoms with Crippen molar-refractivity contribution < 1.29 is 4.74 Å².